The molecule has 0 unspecified atom stereocenters. The first-order valence-electron chi connectivity index (χ1n) is 9.00. The molecule has 5 heteroatoms. The predicted octanol–water partition coefficient (Wildman–Crippen LogP) is 2.88. The number of nitrogens with zero attached hydrogens (tertiary/aromatic N) is 1. The molecule has 0 spiro atoms. The topological polar surface area (TPSA) is 48.0 Å². The average molecular weight is 353 g/mol. The van der Waals surface area contributed by atoms with E-state index in [-0.39, 0.29) is 5.91 Å². The molecule has 2 aliphatic heterocycles. The molecule has 0 fully saturated rings. The molecule has 2 aromatic rings. The second-order valence-electron chi connectivity index (χ2n) is 6.72. The summed E-state index contributed by atoms with van der Waals surface area (Å²) in [6.07, 6.45) is 2.62. The maximum Gasteiger partial charge on any atom is 0.253 e. The molecule has 2 heterocycles. The van der Waals surface area contributed by atoms with Crippen molar-refractivity contribution in [3.63, 3.8) is 0 Å². The fraction of sp³-hybridized carbons (Fsp3) is 0.381. The highest BCUT2D eigenvalue weighted by Crippen LogP contribution is 2.40. The van der Waals surface area contributed by atoms with Crippen LogP contribution in [0.2, 0.25) is 0 Å². The fourth-order valence-electron chi connectivity index (χ4n) is 3.68. The smallest absolute Gasteiger partial charge is 0.253 e. The molecular weight excluding hydrogens is 330 g/mol. The molecule has 0 aliphatic carbocycles. The van der Waals surface area contributed by atoms with Crippen molar-refractivity contribution in [3.8, 4) is 17.2 Å². The highest BCUT2D eigenvalue weighted by atomic mass is 16.5. The number of hydrogen-bond donors (Lipinski definition) is 0. The molecule has 26 heavy (non-hydrogen) atoms. The van der Waals surface area contributed by atoms with Crippen molar-refractivity contribution in [2.24, 2.45) is 0 Å². The maximum absolute atomic E-state index is 12.7. The van der Waals surface area contributed by atoms with E-state index in [2.05, 4.69) is 6.07 Å². The third-order valence-electron chi connectivity index (χ3n) is 5.14. The quantitative estimate of drug-likeness (QED) is 0.829. The van der Waals surface area contributed by atoms with Crippen molar-refractivity contribution < 1.29 is 19.0 Å². The molecule has 0 bridgehead atoms. The summed E-state index contributed by atoms with van der Waals surface area (Å²) >= 11 is 0. The number of amides is 1. The van der Waals surface area contributed by atoms with E-state index in [1.54, 1.807) is 24.1 Å². The van der Waals surface area contributed by atoms with E-state index >= 15 is 0 Å². The summed E-state index contributed by atoms with van der Waals surface area (Å²) in [5.74, 6) is 2.76. The molecule has 4 rings (SSSR count). The summed E-state index contributed by atoms with van der Waals surface area (Å²) in [4.78, 5) is 14.4. The molecule has 2 aliphatic rings. The van der Waals surface area contributed by atoms with Gasteiger partial charge >= 0.3 is 0 Å². The Balaban J connectivity index is 1.49. The first-order valence-corrected chi connectivity index (χ1v) is 9.00. The third-order valence-corrected chi connectivity index (χ3v) is 5.14. The van der Waals surface area contributed by atoms with Gasteiger partial charge in [-0.1, -0.05) is 0 Å². The number of rotatable bonds is 5. The number of fused-ring (bicyclic) bond motifs is 2. The Morgan fingerprint density at radius 2 is 1.92 bits per heavy atom. The zero-order valence-corrected chi connectivity index (χ0v) is 15.2. The maximum atomic E-state index is 12.7. The summed E-state index contributed by atoms with van der Waals surface area (Å²) in [7, 11) is 3.46. The highest BCUT2D eigenvalue weighted by Gasteiger charge is 2.26. The number of methoxy groups -OCH3 is 1. The number of ether oxygens (including phenoxy) is 3. The Morgan fingerprint density at radius 3 is 2.69 bits per heavy atom. The zero-order valence-electron chi connectivity index (χ0n) is 15.2. The van der Waals surface area contributed by atoms with Crippen molar-refractivity contribution >= 4 is 5.91 Å². The van der Waals surface area contributed by atoms with Crippen molar-refractivity contribution in [2.75, 3.05) is 33.9 Å². The first-order chi connectivity index (χ1) is 12.7. The van der Waals surface area contributed by atoms with Gasteiger partial charge in [-0.3, -0.25) is 4.79 Å². The lowest BCUT2D eigenvalue weighted by Gasteiger charge is -2.19. The lowest BCUT2D eigenvalue weighted by molar-refractivity contribution is 0.0796. The summed E-state index contributed by atoms with van der Waals surface area (Å²) in [6, 6.07) is 9.34. The second kappa shape index (κ2) is 6.90. The minimum Gasteiger partial charge on any atom is -0.497 e. The van der Waals surface area contributed by atoms with Gasteiger partial charge in [0, 0.05) is 48.7 Å². The van der Waals surface area contributed by atoms with Gasteiger partial charge in [0.2, 0.25) is 0 Å². The molecule has 1 amide bonds. The van der Waals surface area contributed by atoms with Gasteiger partial charge < -0.3 is 19.1 Å². The van der Waals surface area contributed by atoms with Crippen LogP contribution in [0.15, 0.2) is 30.3 Å². The lowest BCUT2D eigenvalue weighted by Crippen LogP contribution is -2.29. The summed E-state index contributed by atoms with van der Waals surface area (Å²) in [5, 5.41) is 0. The molecule has 5 nitrogen and oxygen atoms in total. The van der Waals surface area contributed by atoms with Crippen molar-refractivity contribution in [1.82, 2.24) is 4.90 Å². The standard InChI is InChI=1S/C21H23NO4/c1-22(21(23)14-3-5-16(24-2)6-4-14)10-7-18-17-9-12-25-19(17)13-15-8-11-26-20(15)18/h3-6,13H,7-12H2,1-2H3. The molecule has 0 N–H and O–H groups in total. The van der Waals surface area contributed by atoms with Crippen LogP contribution in [0, 0.1) is 0 Å². The summed E-state index contributed by atoms with van der Waals surface area (Å²) < 4.78 is 16.8. The van der Waals surface area contributed by atoms with Crippen LogP contribution in [-0.2, 0) is 19.3 Å². The fourth-order valence-corrected chi connectivity index (χ4v) is 3.68. The van der Waals surface area contributed by atoms with Gasteiger partial charge in [0.15, 0.2) is 0 Å². The monoisotopic (exact) mass is 353 g/mol. The van der Waals surface area contributed by atoms with E-state index < -0.39 is 0 Å². The van der Waals surface area contributed by atoms with Crippen LogP contribution in [0.1, 0.15) is 27.0 Å². The first kappa shape index (κ1) is 16.8. The molecule has 136 valence electrons. The van der Waals surface area contributed by atoms with Crippen LogP contribution in [0.3, 0.4) is 0 Å². The van der Waals surface area contributed by atoms with Gasteiger partial charge in [-0.25, -0.2) is 0 Å². The Bertz CT molecular complexity index is 797. The van der Waals surface area contributed by atoms with E-state index in [9.17, 15) is 4.79 Å². The van der Waals surface area contributed by atoms with Crippen LogP contribution in [-0.4, -0.2) is 44.7 Å². The SMILES string of the molecule is COc1ccc(C(=O)N(C)CCc2c3c(cc4c2OCC4)OCC3)cc1. The van der Waals surface area contributed by atoms with Crippen molar-refractivity contribution in [2.45, 2.75) is 19.3 Å². The number of carbonyl (C=O) groups excluding carboxylic acids is 1. The average Bonchev–Trinajstić information content (AvgIpc) is 3.33. The largest absolute Gasteiger partial charge is 0.497 e. The number of likely N-dealkylation sites (N-methyl/N-ethyl adjacent to an activating group) is 1. The zero-order chi connectivity index (χ0) is 18.1. The van der Waals surface area contributed by atoms with Crippen LogP contribution in [0.25, 0.3) is 0 Å². The summed E-state index contributed by atoms with van der Waals surface area (Å²) in [5.41, 5.74) is 4.35. The molecule has 0 saturated carbocycles. The number of hydrogen-bond acceptors (Lipinski definition) is 4. The Morgan fingerprint density at radius 1 is 1.15 bits per heavy atom. The van der Waals surface area contributed by atoms with Crippen LogP contribution >= 0.6 is 0 Å². The Kier molecular flexibility index (Phi) is 4.45. The van der Waals surface area contributed by atoms with Crippen LogP contribution in [0.5, 0.6) is 17.2 Å². The van der Waals surface area contributed by atoms with Crippen LogP contribution < -0.4 is 14.2 Å². The van der Waals surface area contributed by atoms with Gasteiger partial charge in [0.25, 0.3) is 5.91 Å². The van der Waals surface area contributed by atoms with Gasteiger partial charge in [0.1, 0.15) is 17.2 Å². The van der Waals surface area contributed by atoms with Gasteiger partial charge in [0.05, 0.1) is 20.3 Å². The van der Waals surface area contributed by atoms with Crippen molar-refractivity contribution in [1.29, 1.82) is 0 Å². The predicted molar refractivity (Wildman–Crippen MR) is 98.5 cm³/mol. The second-order valence-corrected chi connectivity index (χ2v) is 6.72. The summed E-state index contributed by atoms with van der Waals surface area (Å²) in [6.45, 7) is 2.09. The highest BCUT2D eigenvalue weighted by molar-refractivity contribution is 5.94. The molecule has 0 atom stereocenters. The van der Waals surface area contributed by atoms with Crippen molar-refractivity contribution in [3.05, 3.63) is 52.6 Å². The van der Waals surface area contributed by atoms with E-state index in [0.29, 0.717) is 12.1 Å². The molecule has 0 radical (unpaired) electrons. The van der Waals surface area contributed by atoms with E-state index in [1.807, 2.05) is 19.2 Å². The number of carbonyl (C=O) groups is 1. The van der Waals surface area contributed by atoms with Gasteiger partial charge in [-0.15, -0.1) is 0 Å². The lowest BCUT2D eigenvalue weighted by atomic mass is 9.97. The Hall–Kier alpha value is -2.69. The minimum atomic E-state index is 0.00837. The van der Waals surface area contributed by atoms with E-state index in [1.165, 1.54) is 16.7 Å². The van der Waals surface area contributed by atoms with E-state index in [0.717, 1.165) is 49.7 Å². The third kappa shape index (κ3) is 2.98. The van der Waals surface area contributed by atoms with Crippen LogP contribution in [0.4, 0.5) is 0 Å². The van der Waals surface area contributed by atoms with E-state index in [4.69, 9.17) is 14.2 Å². The van der Waals surface area contributed by atoms with Gasteiger partial charge in [-0.2, -0.15) is 0 Å². The number of benzene rings is 2. The molecule has 0 aromatic heterocycles. The molecule has 0 saturated heterocycles. The molecular formula is C21H23NO4. The molecule has 2 aromatic carbocycles. The minimum absolute atomic E-state index is 0.00837. The Labute approximate surface area is 153 Å². The van der Waals surface area contributed by atoms with Gasteiger partial charge in [-0.05, 0) is 36.8 Å². The normalized spacial score (nSPS) is 14.2.